The number of para-hydroxylation sites is 1. The fraction of sp³-hybridized carbons (Fsp3) is 0.559. The molecule has 5 rings (SSSR count). The summed E-state index contributed by atoms with van der Waals surface area (Å²) in [5.41, 5.74) is -1.39. The standard InChI is InChI=1S/C34H48N9O9PS2/c1-32(2,3)50-30(46)39-27-26-28(40-29(38-27)35-15-12-18-53(47,51-33(4,5)6)52-34(7,8)9)42(21-36-26)19-24(44)41-16-17-43(25(45)20-41)55(48,49)31-37-22-13-10-11-14-23(22)54-31/h10-11,13-14,21H,12,15-20H2,1-9H3,(H2,35,38,39,40,46). The average molecular weight is 822 g/mol. The fourth-order valence-electron chi connectivity index (χ4n) is 5.47. The number of sulfonamides is 1. The van der Waals surface area contributed by atoms with Crippen LogP contribution in [0.2, 0.25) is 0 Å². The van der Waals surface area contributed by atoms with Gasteiger partial charge in [-0.25, -0.2) is 19.1 Å². The van der Waals surface area contributed by atoms with Crippen molar-refractivity contribution in [1.82, 2.24) is 33.7 Å². The number of rotatable bonds is 12. The molecule has 4 aromatic rings. The van der Waals surface area contributed by atoms with Crippen molar-refractivity contribution >= 4 is 80.0 Å². The smallest absolute Gasteiger partial charge is 0.413 e. The first-order valence-corrected chi connectivity index (χ1v) is 21.6. The van der Waals surface area contributed by atoms with Gasteiger partial charge >= 0.3 is 13.7 Å². The molecule has 300 valence electrons. The van der Waals surface area contributed by atoms with Crippen LogP contribution in [-0.4, -0.2) is 109 Å². The SMILES string of the molecule is CC(C)(C)OC(=O)Nc1nc(NCCCP(=O)(OC(C)(C)C)OC(C)(C)C)nc2c1ncn2CC(=O)N1CCN(S(=O)(=O)c2nc3ccccc3s2)C(=O)C1. The Bertz CT molecular complexity index is 2190. The Balaban J connectivity index is 1.32. The van der Waals surface area contributed by atoms with E-state index < -0.39 is 58.9 Å². The van der Waals surface area contributed by atoms with Crippen molar-refractivity contribution in [3.05, 3.63) is 30.6 Å². The highest BCUT2D eigenvalue weighted by molar-refractivity contribution is 7.91. The third-order valence-corrected chi connectivity index (χ3v) is 13.1. The van der Waals surface area contributed by atoms with Crippen molar-refractivity contribution in [1.29, 1.82) is 0 Å². The van der Waals surface area contributed by atoms with Crippen LogP contribution in [0.3, 0.4) is 0 Å². The molecule has 0 unspecified atom stereocenters. The van der Waals surface area contributed by atoms with Crippen LogP contribution >= 0.6 is 18.9 Å². The minimum Gasteiger partial charge on any atom is -0.444 e. The van der Waals surface area contributed by atoms with Crippen LogP contribution in [0.15, 0.2) is 34.9 Å². The number of hydrogen-bond donors (Lipinski definition) is 2. The number of imidazole rings is 1. The van der Waals surface area contributed by atoms with E-state index in [4.69, 9.17) is 13.8 Å². The molecule has 1 aliphatic heterocycles. The molecule has 4 heterocycles. The molecule has 0 atom stereocenters. The third kappa shape index (κ3) is 11.0. The lowest BCUT2D eigenvalue weighted by Gasteiger charge is -2.33. The zero-order chi connectivity index (χ0) is 40.6. The number of carbonyl (C=O) groups excluding carboxylic acids is 3. The van der Waals surface area contributed by atoms with E-state index in [2.05, 4.69) is 30.6 Å². The molecule has 3 amide bonds. The van der Waals surface area contributed by atoms with E-state index in [1.807, 2.05) is 0 Å². The fourth-order valence-corrected chi connectivity index (χ4v) is 10.6. The Hall–Kier alpha value is -4.23. The first-order valence-electron chi connectivity index (χ1n) is 17.6. The van der Waals surface area contributed by atoms with Crippen molar-refractivity contribution in [2.45, 2.75) is 96.4 Å². The molecule has 1 fully saturated rings. The lowest BCUT2D eigenvalue weighted by Crippen LogP contribution is -2.54. The van der Waals surface area contributed by atoms with Gasteiger partial charge in [-0.15, -0.1) is 11.3 Å². The van der Waals surface area contributed by atoms with Gasteiger partial charge in [-0.2, -0.15) is 18.4 Å². The van der Waals surface area contributed by atoms with Crippen LogP contribution in [0.5, 0.6) is 0 Å². The molecular formula is C34H48N9O9PS2. The second kappa shape index (κ2) is 15.7. The molecule has 3 aromatic heterocycles. The van der Waals surface area contributed by atoms with E-state index in [0.717, 1.165) is 15.6 Å². The van der Waals surface area contributed by atoms with Crippen molar-refractivity contribution in [3.63, 3.8) is 0 Å². The number of hydrogen-bond acceptors (Lipinski definition) is 15. The average Bonchev–Trinajstić information content (AvgIpc) is 3.65. The predicted molar refractivity (Wildman–Crippen MR) is 208 cm³/mol. The normalized spacial score (nSPS) is 14.8. The molecule has 0 bridgehead atoms. The molecule has 55 heavy (non-hydrogen) atoms. The number of amides is 3. The minimum atomic E-state index is -4.23. The number of anilines is 2. The summed E-state index contributed by atoms with van der Waals surface area (Å²) >= 11 is 0.971. The van der Waals surface area contributed by atoms with E-state index >= 15 is 0 Å². The number of fused-ring (bicyclic) bond motifs is 2. The number of ether oxygens (including phenoxy) is 1. The van der Waals surface area contributed by atoms with Crippen LogP contribution in [0.25, 0.3) is 21.4 Å². The molecule has 0 radical (unpaired) electrons. The van der Waals surface area contributed by atoms with Crippen LogP contribution in [-0.2, 0) is 44.5 Å². The number of benzene rings is 1. The summed E-state index contributed by atoms with van der Waals surface area (Å²) < 4.78 is 60.2. The molecule has 21 heteroatoms. The Labute approximate surface area is 323 Å². The van der Waals surface area contributed by atoms with Gasteiger partial charge in [0.25, 0.3) is 15.9 Å². The second-order valence-corrected chi connectivity index (χ2v) is 20.9. The second-order valence-electron chi connectivity index (χ2n) is 15.8. The van der Waals surface area contributed by atoms with E-state index in [1.165, 1.54) is 15.8 Å². The number of nitrogens with zero attached hydrogens (tertiary/aromatic N) is 7. The molecule has 18 nitrogen and oxygen atoms in total. The molecule has 1 saturated heterocycles. The topological polar surface area (TPSA) is 217 Å². The highest BCUT2D eigenvalue weighted by atomic mass is 32.2. The van der Waals surface area contributed by atoms with E-state index in [-0.39, 0.29) is 59.6 Å². The number of thiazole rings is 1. The molecule has 0 aliphatic carbocycles. The Kier molecular flexibility index (Phi) is 12.0. The van der Waals surface area contributed by atoms with Gasteiger partial charge in [-0.3, -0.25) is 19.5 Å². The highest BCUT2D eigenvalue weighted by Crippen LogP contribution is 2.54. The maximum atomic E-state index is 13.7. The van der Waals surface area contributed by atoms with Gasteiger partial charge in [0.15, 0.2) is 17.0 Å². The van der Waals surface area contributed by atoms with Crippen LogP contribution in [0.4, 0.5) is 16.6 Å². The molecule has 1 aromatic carbocycles. The zero-order valence-corrected chi connectivity index (χ0v) is 34.9. The molecular weight excluding hydrogens is 774 g/mol. The summed E-state index contributed by atoms with van der Waals surface area (Å²) in [5.74, 6) is -1.18. The van der Waals surface area contributed by atoms with Gasteiger partial charge in [-0.1, -0.05) is 12.1 Å². The monoisotopic (exact) mass is 821 g/mol. The summed E-state index contributed by atoms with van der Waals surface area (Å²) in [6, 6.07) is 6.95. The zero-order valence-electron chi connectivity index (χ0n) is 32.4. The summed E-state index contributed by atoms with van der Waals surface area (Å²) in [5, 5.41) is 5.69. The Morgan fingerprint density at radius 2 is 1.62 bits per heavy atom. The number of piperazine rings is 1. The van der Waals surface area contributed by atoms with E-state index in [9.17, 15) is 27.4 Å². The predicted octanol–water partition coefficient (Wildman–Crippen LogP) is 5.47. The lowest BCUT2D eigenvalue weighted by molar-refractivity contribution is -0.142. The van der Waals surface area contributed by atoms with Gasteiger partial charge in [0.1, 0.15) is 18.7 Å². The molecule has 2 N–H and O–H groups in total. The minimum absolute atomic E-state index is 0.00889. The third-order valence-electron chi connectivity index (χ3n) is 7.42. The summed E-state index contributed by atoms with van der Waals surface area (Å²) in [6.45, 7) is 15.1. The highest BCUT2D eigenvalue weighted by Gasteiger charge is 2.38. The number of nitrogens with one attached hydrogen (secondary N) is 2. The van der Waals surface area contributed by atoms with Crippen LogP contribution in [0, 0.1) is 0 Å². The van der Waals surface area contributed by atoms with Crippen molar-refractivity contribution in [2.24, 2.45) is 0 Å². The Morgan fingerprint density at radius 1 is 0.945 bits per heavy atom. The van der Waals surface area contributed by atoms with Crippen molar-refractivity contribution in [2.75, 3.05) is 43.0 Å². The quantitative estimate of drug-likeness (QED) is 0.134. The maximum absolute atomic E-state index is 13.7. The first kappa shape index (κ1) is 41.9. The van der Waals surface area contributed by atoms with Gasteiger partial charge in [0, 0.05) is 13.1 Å². The summed E-state index contributed by atoms with van der Waals surface area (Å²) in [4.78, 5) is 58.3. The Morgan fingerprint density at radius 3 is 2.24 bits per heavy atom. The van der Waals surface area contributed by atoms with Gasteiger partial charge in [0.05, 0.1) is 40.5 Å². The van der Waals surface area contributed by atoms with Crippen molar-refractivity contribution < 1.29 is 41.2 Å². The van der Waals surface area contributed by atoms with Crippen LogP contribution in [0.1, 0.15) is 68.7 Å². The van der Waals surface area contributed by atoms with Crippen molar-refractivity contribution in [3.8, 4) is 0 Å². The lowest BCUT2D eigenvalue weighted by atomic mass is 10.2. The number of aromatic nitrogens is 5. The van der Waals surface area contributed by atoms with E-state index in [0.29, 0.717) is 16.6 Å². The summed E-state index contributed by atoms with van der Waals surface area (Å²) in [7, 11) is -7.74. The van der Waals surface area contributed by atoms with E-state index in [1.54, 1.807) is 86.6 Å². The van der Waals surface area contributed by atoms with Gasteiger partial charge in [-0.05, 0) is 80.9 Å². The summed E-state index contributed by atoms with van der Waals surface area (Å²) in [6.07, 6.45) is 0.994. The largest absolute Gasteiger partial charge is 0.444 e. The van der Waals surface area contributed by atoms with Gasteiger partial charge in [0.2, 0.25) is 16.2 Å². The van der Waals surface area contributed by atoms with Gasteiger partial charge < -0.3 is 28.6 Å². The molecule has 1 aliphatic rings. The molecule has 0 spiro atoms. The first-order chi connectivity index (χ1) is 25.4. The maximum Gasteiger partial charge on any atom is 0.413 e. The number of carbonyl (C=O) groups is 3. The molecule has 0 saturated carbocycles. The van der Waals surface area contributed by atoms with Crippen LogP contribution < -0.4 is 10.6 Å².